The number of hydrogen-bond donors (Lipinski definition) is 1. The highest BCUT2D eigenvalue weighted by molar-refractivity contribution is 5.71. The van der Waals surface area contributed by atoms with Gasteiger partial charge in [0.1, 0.15) is 13.2 Å². The van der Waals surface area contributed by atoms with E-state index in [4.69, 9.17) is 19.7 Å². The summed E-state index contributed by atoms with van der Waals surface area (Å²) >= 11 is 0. The van der Waals surface area contributed by atoms with E-state index >= 15 is 0 Å². The Morgan fingerprint density at radius 2 is 1.89 bits per heavy atom. The second-order valence-corrected chi connectivity index (χ2v) is 4.31. The number of nitrogens with zero attached hydrogens (tertiary/aromatic N) is 1. The maximum Gasteiger partial charge on any atom is 0.169 e. The standard InChI is InChI=1S/C13H14N2O3/c1-7-8(2)13-11(16-3-4-17-13)5-9(7)10-6-12(14)15-18-10/h5-6H,3-4H2,1-2H3,(H2,14,15). The lowest BCUT2D eigenvalue weighted by atomic mass is 9.99. The van der Waals surface area contributed by atoms with Crippen LogP contribution in [0, 0.1) is 13.8 Å². The van der Waals surface area contributed by atoms with Crippen LogP contribution in [-0.4, -0.2) is 18.4 Å². The Labute approximate surface area is 104 Å². The topological polar surface area (TPSA) is 70.5 Å². The zero-order valence-corrected chi connectivity index (χ0v) is 10.3. The second-order valence-electron chi connectivity index (χ2n) is 4.31. The van der Waals surface area contributed by atoms with Gasteiger partial charge < -0.3 is 19.7 Å². The fourth-order valence-electron chi connectivity index (χ4n) is 2.12. The van der Waals surface area contributed by atoms with Crippen molar-refractivity contribution < 1.29 is 14.0 Å². The maximum atomic E-state index is 5.64. The van der Waals surface area contributed by atoms with E-state index in [1.807, 2.05) is 19.9 Å². The number of hydrogen-bond acceptors (Lipinski definition) is 5. The van der Waals surface area contributed by atoms with Crippen molar-refractivity contribution in [1.82, 2.24) is 5.16 Å². The molecule has 5 nitrogen and oxygen atoms in total. The first-order valence-electron chi connectivity index (χ1n) is 5.79. The van der Waals surface area contributed by atoms with Crippen LogP contribution in [0.1, 0.15) is 11.1 Å². The number of ether oxygens (including phenoxy) is 2. The van der Waals surface area contributed by atoms with E-state index in [0.29, 0.717) is 24.8 Å². The molecule has 1 aliphatic heterocycles. The van der Waals surface area contributed by atoms with Crippen molar-refractivity contribution in [1.29, 1.82) is 0 Å². The van der Waals surface area contributed by atoms with Crippen LogP contribution >= 0.6 is 0 Å². The molecule has 0 unspecified atom stereocenters. The number of nitrogens with two attached hydrogens (primary N) is 1. The first-order chi connectivity index (χ1) is 8.66. The molecule has 1 aromatic carbocycles. The quantitative estimate of drug-likeness (QED) is 0.836. The average molecular weight is 246 g/mol. The van der Waals surface area contributed by atoms with Crippen molar-refractivity contribution in [3.8, 4) is 22.8 Å². The SMILES string of the molecule is Cc1c(-c2cc(N)no2)cc2c(c1C)OCCO2. The molecule has 0 amide bonds. The van der Waals surface area contributed by atoms with Gasteiger partial charge in [-0.2, -0.15) is 0 Å². The van der Waals surface area contributed by atoms with Gasteiger partial charge in [-0.25, -0.2) is 0 Å². The van der Waals surface area contributed by atoms with Crippen molar-refractivity contribution in [2.45, 2.75) is 13.8 Å². The maximum absolute atomic E-state index is 5.64. The Morgan fingerprint density at radius 1 is 1.11 bits per heavy atom. The summed E-state index contributed by atoms with van der Waals surface area (Å²) in [5, 5.41) is 3.71. The van der Waals surface area contributed by atoms with Crippen LogP contribution in [0.25, 0.3) is 11.3 Å². The van der Waals surface area contributed by atoms with Gasteiger partial charge in [0, 0.05) is 11.6 Å². The lowest BCUT2D eigenvalue weighted by Crippen LogP contribution is -2.16. The third-order valence-corrected chi connectivity index (χ3v) is 3.19. The molecule has 2 aromatic rings. The van der Waals surface area contributed by atoms with Gasteiger partial charge in [0.15, 0.2) is 23.1 Å². The highest BCUT2D eigenvalue weighted by Gasteiger charge is 2.20. The minimum atomic E-state index is 0.372. The smallest absolute Gasteiger partial charge is 0.169 e. The Kier molecular flexibility index (Phi) is 2.40. The van der Waals surface area contributed by atoms with Crippen molar-refractivity contribution in [3.63, 3.8) is 0 Å². The van der Waals surface area contributed by atoms with Crippen LogP contribution in [0.4, 0.5) is 5.82 Å². The molecule has 18 heavy (non-hydrogen) atoms. The molecule has 2 N–H and O–H groups in total. The molecule has 1 aliphatic rings. The molecule has 5 heteroatoms. The van der Waals surface area contributed by atoms with Crippen molar-refractivity contribution in [3.05, 3.63) is 23.3 Å². The summed E-state index contributed by atoms with van der Waals surface area (Å²) < 4.78 is 16.5. The van der Waals surface area contributed by atoms with Gasteiger partial charge in [-0.1, -0.05) is 5.16 Å². The van der Waals surface area contributed by atoms with Gasteiger partial charge in [-0.15, -0.1) is 0 Å². The first-order valence-corrected chi connectivity index (χ1v) is 5.79. The molecule has 94 valence electrons. The van der Waals surface area contributed by atoms with E-state index in [1.165, 1.54) is 0 Å². The molecular formula is C13H14N2O3. The van der Waals surface area contributed by atoms with Gasteiger partial charge >= 0.3 is 0 Å². The highest BCUT2D eigenvalue weighted by atomic mass is 16.6. The summed E-state index contributed by atoms with van der Waals surface area (Å²) in [7, 11) is 0. The predicted octanol–water partition coefficient (Wildman–Crippen LogP) is 2.31. The minimum absolute atomic E-state index is 0.372. The normalized spacial score (nSPS) is 13.7. The third kappa shape index (κ3) is 1.59. The Balaban J connectivity index is 2.18. The fourth-order valence-corrected chi connectivity index (χ4v) is 2.12. The van der Waals surface area contributed by atoms with Crippen LogP contribution < -0.4 is 15.2 Å². The summed E-state index contributed by atoms with van der Waals surface area (Å²) in [5.41, 5.74) is 8.64. The number of anilines is 1. The van der Waals surface area contributed by atoms with E-state index < -0.39 is 0 Å². The molecule has 0 aliphatic carbocycles. The van der Waals surface area contributed by atoms with E-state index in [1.54, 1.807) is 6.07 Å². The second kappa shape index (κ2) is 3.94. The number of benzene rings is 1. The zero-order chi connectivity index (χ0) is 12.7. The summed E-state index contributed by atoms with van der Waals surface area (Å²) in [5.74, 6) is 2.58. The summed E-state index contributed by atoms with van der Waals surface area (Å²) in [4.78, 5) is 0. The van der Waals surface area contributed by atoms with Crippen LogP contribution in [0.15, 0.2) is 16.7 Å². The molecular weight excluding hydrogens is 232 g/mol. The van der Waals surface area contributed by atoms with Crippen LogP contribution in [0.3, 0.4) is 0 Å². The van der Waals surface area contributed by atoms with Crippen molar-refractivity contribution in [2.24, 2.45) is 0 Å². The zero-order valence-electron chi connectivity index (χ0n) is 10.3. The fraction of sp³-hybridized carbons (Fsp3) is 0.308. The molecule has 0 radical (unpaired) electrons. The Morgan fingerprint density at radius 3 is 2.61 bits per heavy atom. The summed E-state index contributed by atoms with van der Waals surface area (Å²) in [6.45, 7) is 5.17. The molecule has 1 aromatic heterocycles. The molecule has 0 fully saturated rings. The molecule has 0 spiro atoms. The monoisotopic (exact) mass is 246 g/mol. The van der Waals surface area contributed by atoms with Crippen molar-refractivity contribution >= 4 is 5.82 Å². The molecule has 2 heterocycles. The Hall–Kier alpha value is -2.17. The lowest BCUT2D eigenvalue weighted by Gasteiger charge is -2.22. The van der Waals surface area contributed by atoms with Crippen LogP contribution in [0.5, 0.6) is 11.5 Å². The summed E-state index contributed by atoms with van der Waals surface area (Å²) in [6, 6.07) is 3.62. The predicted molar refractivity (Wildman–Crippen MR) is 66.8 cm³/mol. The van der Waals surface area contributed by atoms with E-state index in [-0.39, 0.29) is 0 Å². The van der Waals surface area contributed by atoms with Gasteiger partial charge in [0.25, 0.3) is 0 Å². The van der Waals surface area contributed by atoms with Gasteiger partial charge in [-0.05, 0) is 31.0 Å². The molecule has 3 rings (SSSR count). The van der Waals surface area contributed by atoms with Crippen LogP contribution in [0.2, 0.25) is 0 Å². The van der Waals surface area contributed by atoms with Crippen molar-refractivity contribution in [2.75, 3.05) is 18.9 Å². The van der Waals surface area contributed by atoms with E-state index in [2.05, 4.69) is 5.16 Å². The van der Waals surface area contributed by atoms with Gasteiger partial charge in [-0.3, -0.25) is 0 Å². The molecule has 0 saturated heterocycles. The Bertz CT molecular complexity index is 605. The number of fused-ring (bicyclic) bond motifs is 1. The largest absolute Gasteiger partial charge is 0.486 e. The highest BCUT2D eigenvalue weighted by Crippen LogP contribution is 2.41. The van der Waals surface area contributed by atoms with E-state index in [0.717, 1.165) is 28.2 Å². The minimum Gasteiger partial charge on any atom is -0.486 e. The third-order valence-electron chi connectivity index (χ3n) is 3.19. The number of aromatic nitrogens is 1. The van der Waals surface area contributed by atoms with Gasteiger partial charge in [0.2, 0.25) is 0 Å². The molecule has 0 saturated carbocycles. The van der Waals surface area contributed by atoms with E-state index in [9.17, 15) is 0 Å². The molecule has 0 bridgehead atoms. The molecule has 0 atom stereocenters. The summed E-state index contributed by atoms with van der Waals surface area (Å²) in [6.07, 6.45) is 0. The number of nitrogen functional groups attached to an aromatic ring is 1. The average Bonchev–Trinajstić information content (AvgIpc) is 2.80. The number of rotatable bonds is 1. The first kappa shape index (κ1) is 11.0. The van der Waals surface area contributed by atoms with Crippen LogP contribution in [-0.2, 0) is 0 Å². The van der Waals surface area contributed by atoms with Gasteiger partial charge in [0.05, 0.1) is 0 Å². The lowest BCUT2D eigenvalue weighted by molar-refractivity contribution is 0.170.